The van der Waals surface area contributed by atoms with Crippen LogP contribution in [-0.4, -0.2) is 31.3 Å². The van der Waals surface area contributed by atoms with Gasteiger partial charge in [-0.2, -0.15) is 4.98 Å². The molecular formula is C13H16N4O2. The SMILES string of the molecule is Cc1nccc(-c2noc(C3CCCCC3O)n2)n1. The largest absolute Gasteiger partial charge is 0.392 e. The molecule has 6 heteroatoms. The first-order valence-electron chi connectivity index (χ1n) is 6.56. The van der Waals surface area contributed by atoms with Gasteiger partial charge in [-0.15, -0.1) is 0 Å². The van der Waals surface area contributed by atoms with Gasteiger partial charge in [0.2, 0.25) is 11.7 Å². The highest BCUT2D eigenvalue weighted by Gasteiger charge is 2.29. The smallest absolute Gasteiger partial charge is 0.232 e. The summed E-state index contributed by atoms with van der Waals surface area (Å²) in [5.41, 5.74) is 0.646. The molecule has 1 fully saturated rings. The predicted molar refractivity (Wildman–Crippen MR) is 67.3 cm³/mol. The maximum atomic E-state index is 9.99. The highest BCUT2D eigenvalue weighted by Crippen LogP contribution is 2.32. The Hall–Kier alpha value is -1.82. The minimum Gasteiger partial charge on any atom is -0.392 e. The fourth-order valence-electron chi connectivity index (χ4n) is 2.47. The quantitative estimate of drug-likeness (QED) is 0.887. The summed E-state index contributed by atoms with van der Waals surface area (Å²) in [6.45, 7) is 1.81. The van der Waals surface area contributed by atoms with Gasteiger partial charge < -0.3 is 9.63 Å². The Morgan fingerprint density at radius 2 is 2.11 bits per heavy atom. The van der Waals surface area contributed by atoms with Crippen LogP contribution in [0.5, 0.6) is 0 Å². The summed E-state index contributed by atoms with van der Waals surface area (Å²) in [5, 5.41) is 13.9. The van der Waals surface area contributed by atoms with Gasteiger partial charge in [-0.3, -0.25) is 0 Å². The van der Waals surface area contributed by atoms with Gasteiger partial charge in [-0.1, -0.05) is 18.0 Å². The summed E-state index contributed by atoms with van der Waals surface area (Å²) in [6, 6.07) is 1.75. The zero-order chi connectivity index (χ0) is 13.2. The fourth-order valence-corrected chi connectivity index (χ4v) is 2.47. The van der Waals surface area contributed by atoms with Crippen LogP contribution in [0.1, 0.15) is 43.3 Å². The molecule has 2 aromatic rings. The van der Waals surface area contributed by atoms with Crippen molar-refractivity contribution < 1.29 is 9.63 Å². The third kappa shape index (κ3) is 2.49. The van der Waals surface area contributed by atoms with E-state index in [9.17, 15) is 5.11 Å². The molecule has 2 aromatic heterocycles. The van der Waals surface area contributed by atoms with E-state index in [0.717, 1.165) is 25.7 Å². The van der Waals surface area contributed by atoms with Crippen LogP contribution in [0.15, 0.2) is 16.8 Å². The van der Waals surface area contributed by atoms with Crippen molar-refractivity contribution in [2.24, 2.45) is 0 Å². The molecule has 0 bridgehead atoms. The van der Waals surface area contributed by atoms with Crippen molar-refractivity contribution in [2.75, 3.05) is 0 Å². The zero-order valence-electron chi connectivity index (χ0n) is 10.8. The van der Waals surface area contributed by atoms with Crippen molar-refractivity contribution in [3.8, 4) is 11.5 Å². The summed E-state index contributed by atoms with van der Waals surface area (Å²) in [7, 11) is 0. The number of aliphatic hydroxyl groups excluding tert-OH is 1. The fraction of sp³-hybridized carbons (Fsp3) is 0.538. The van der Waals surface area contributed by atoms with Gasteiger partial charge >= 0.3 is 0 Å². The molecule has 6 nitrogen and oxygen atoms in total. The van der Waals surface area contributed by atoms with E-state index >= 15 is 0 Å². The third-order valence-corrected chi connectivity index (χ3v) is 3.49. The Kier molecular flexibility index (Phi) is 3.25. The lowest BCUT2D eigenvalue weighted by Crippen LogP contribution is -2.22. The molecule has 3 rings (SSSR count). The average Bonchev–Trinajstić information content (AvgIpc) is 2.89. The van der Waals surface area contributed by atoms with E-state index in [1.165, 1.54) is 0 Å². The molecule has 19 heavy (non-hydrogen) atoms. The molecule has 0 radical (unpaired) electrons. The van der Waals surface area contributed by atoms with Gasteiger partial charge in [0, 0.05) is 6.20 Å². The van der Waals surface area contributed by atoms with E-state index in [0.29, 0.717) is 23.2 Å². The van der Waals surface area contributed by atoms with Crippen molar-refractivity contribution in [1.82, 2.24) is 20.1 Å². The third-order valence-electron chi connectivity index (χ3n) is 3.49. The molecule has 1 aliphatic rings. The summed E-state index contributed by atoms with van der Waals surface area (Å²) >= 11 is 0. The number of hydrogen-bond acceptors (Lipinski definition) is 6. The topological polar surface area (TPSA) is 84.9 Å². The van der Waals surface area contributed by atoms with Gasteiger partial charge in [0.25, 0.3) is 0 Å². The average molecular weight is 260 g/mol. The van der Waals surface area contributed by atoms with Gasteiger partial charge in [0.1, 0.15) is 11.5 Å². The van der Waals surface area contributed by atoms with Crippen LogP contribution < -0.4 is 0 Å². The van der Waals surface area contributed by atoms with Crippen LogP contribution in [0.3, 0.4) is 0 Å². The number of hydrogen-bond donors (Lipinski definition) is 1. The summed E-state index contributed by atoms with van der Waals surface area (Å²) in [6.07, 6.45) is 5.13. The van der Waals surface area contributed by atoms with Crippen LogP contribution in [0.2, 0.25) is 0 Å². The minimum atomic E-state index is -0.380. The monoisotopic (exact) mass is 260 g/mol. The molecular weight excluding hydrogens is 244 g/mol. The molecule has 2 atom stereocenters. The molecule has 1 aliphatic carbocycles. The standard InChI is InChI=1S/C13H16N4O2/c1-8-14-7-6-10(15-8)12-16-13(19-17-12)9-4-2-3-5-11(9)18/h6-7,9,11,18H,2-5H2,1H3. The first-order valence-corrected chi connectivity index (χ1v) is 6.56. The second-order valence-corrected chi connectivity index (χ2v) is 4.90. The zero-order valence-corrected chi connectivity index (χ0v) is 10.8. The first kappa shape index (κ1) is 12.2. The Labute approximate surface area is 110 Å². The van der Waals surface area contributed by atoms with Gasteiger partial charge in [0.15, 0.2) is 0 Å². The first-order chi connectivity index (χ1) is 9.24. The Morgan fingerprint density at radius 1 is 1.26 bits per heavy atom. The number of aryl methyl sites for hydroxylation is 1. The van der Waals surface area contributed by atoms with Crippen molar-refractivity contribution >= 4 is 0 Å². The van der Waals surface area contributed by atoms with Crippen LogP contribution in [-0.2, 0) is 0 Å². The lowest BCUT2D eigenvalue weighted by atomic mass is 9.86. The highest BCUT2D eigenvalue weighted by atomic mass is 16.5. The van der Waals surface area contributed by atoms with E-state index in [1.54, 1.807) is 12.3 Å². The summed E-state index contributed by atoms with van der Waals surface area (Å²) in [4.78, 5) is 12.7. The van der Waals surface area contributed by atoms with Crippen molar-refractivity contribution in [3.05, 3.63) is 24.0 Å². The second kappa shape index (κ2) is 5.05. The maximum absolute atomic E-state index is 9.99. The number of aliphatic hydroxyl groups is 1. The lowest BCUT2D eigenvalue weighted by Gasteiger charge is -2.24. The molecule has 1 N–H and O–H groups in total. The van der Waals surface area contributed by atoms with Crippen molar-refractivity contribution in [3.63, 3.8) is 0 Å². The molecule has 0 aliphatic heterocycles. The molecule has 2 heterocycles. The van der Waals surface area contributed by atoms with Crippen LogP contribution >= 0.6 is 0 Å². The van der Waals surface area contributed by atoms with E-state index in [4.69, 9.17) is 4.52 Å². The van der Waals surface area contributed by atoms with E-state index in [2.05, 4.69) is 20.1 Å². The van der Waals surface area contributed by atoms with Gasteiger partial charge in [-0.05, 0) is 25.8 Å². The Balaban J connectivity index is 1.86. The van der Waals surface area contributed by atoms with Crippen molar-refractivity contribution in [2.45, 2.75) is 44.6 Å². The van der Waals surface area contributed by atoms with Crippen LogP contribution in [0.4, 0.5) is 0 Å². The second-order valence-electron chi connectivity index (χ2n) is 4.90. The maximum Gasteiger partial charge on any atom is 0.232 e. The molecule has 0 spiro atoms. The van der Waals surface area contributed by atoms with E-state index < -0.39 is 0 Å². The van der Waals surface area contributed by atoms with E-state index in [-0.39, 0.29) is 12.0 Å². The van der Waals surface area contributed by atoms with Crippen molar-refractivity contribution in [1.29, 1.82) is 0 Å². The molecule has 0 aromatic carbocycles. The normalized spacial score (nSPS) is 23.5. The molecule has 2 unspecified atom stereocenters. The Bertz CT molecular complexity index is 569. The predicted octanol–water partition coefficient (Wildman–Crippen LogP) is 1.85. The van der Waals surface area contributed by atoms with Gasteiger partial charge in [0.05, 0.1) is 12.0 Å². The summed E-state index contributed by atoms with van der Waals surface area (Å²) in [5.74, 6) is 1.59. The highest BCUT2D eigenvalue weighted by molar-refractivity contribution is 5.47. The minimum absolute atomic E-state index is 0.0436. The number of nitrogens with zero attached hydrogens (tertiary/aromatic N) is 4. The number of aromatic nitrogens is 4. The number of rotatable bonds is 2. The summed E-state index contributed by atoms with van der Waals surface area (Å²) < 4.78 is 5.29. The van der Waals surface area contributed by atoms with Crippen LogP contribution in [0.25, 0.3) is 11.5 Å². The Morgan fingerprint density at radius 3 is 2.89 bits per heavy atom. The molecule has 0 saturated heterocycles. The molecule has 100 valence electrons. The van der Waals surface area contributed by atoms with Crippen LogP contribution in [0, 0.1) is 6.92 Å². The molecule has 1 saturated carbocycles. The molecule has 0 amide bonds. The van der Waals surface area contributed by atoms with Gasteiger partial charge in [-0.25, -0.2) is 9.97 Å². The lowest BCUT2D eigenvalue weighted by molar-refractivity contribution is 0.0908. The van der Waals surface area contributed by atoms with E-state index in [1.807, 2.05) is 6.92 Å².